The van der Waals surface area contributed by atoms with E-state index in [1.165, 1.54) is 0 Å². The lowest BCUT2D eigenvalue weighted by atomic mass is 9.87. The lowest BCUT2D eigenvalue weighted by Gasteiger charge is -2.26. The van der Waals surface area contributed by atoms with Gasteiger partial charge in [0.1, 0.15) is 11.3 Å². The van der Waals surface area contributed by atoms with Crippen LogP contribution in [0, 0.1) is 0 Å². The maximum Gasteiger partial charge on any atom is 0.339 e. The first-order chi connectivity index (χ1) is 9.33. The zero-order valence-corrected chi connectivity index (χ0v) is 11.1. The molecule has 1 heterocycles. The zero-order valence-electron chi connectivity index (χ0n) is 11.1. The molecule has 1 aliphatic heterocycles. The molecule has 9 heteroatoms. The molecular formula is C11H14N2O7. The van der Waals surface area contributed by atoms with E-state index in [0.717, 1.165) is 21.3 Å². The number of amides is 1. The Hall–Kier alpha value is -2.58. The van der Waals surface area contributed by atoms with E-state index in [1.807, 2.05) is 0 Å². The number of methoxy groups -OCH3 is 3. The van der Waals surface area contributed by atoms with Crippen molar-refractivity contribution < 1.29 is 33.4 Å². The van der Waals surface area contributed by atoms with E-state index in [4.69, 9.17) is 5.73 Å². The number of nitrogens with two attached hydrogens (primary N) is 1. The van der Waals surface area contributed by atoms with Crippen molar-refractivity contribution in [3.8, 4) is 0 Å². The molecule has 0 aromatic rings. The second kappa shape index (κ2) is 5.59. The summed E-state index contributed by atoms with van der Waals surface area (Å²) in [5, 5.41) is 2.18. The van der Waals surface area contributed by atoms with Crippen LogP contribution in [0.25, 0.3) is 0 Å². The van der Waals surface area contributed by atoms with Crippen LogP contribution in [0.4, 0.5) is 0 Å². The number of carbonyl (C=O) groups excluding carboxylic acids is 4. The molecule has 1 aliphatic rings. The van der Waals surface area contributed by atoms with Gasteiger partial charge in [-0.2, -0.15) is 0 Å². The molecule has 0 aromatic heterocycles. The number of ether oxygens (including phenoxy) is 3. The van der Waals surface area contributed by atoms with Gasteiger partial charge in [0.15, 0.2) is 5.54 Å². The summed E-state index contributed by atoms with van der Waals surface area (Å²) in [6, 6.07) is 0. The van der Waals surface area contributed by atoms with Crippen molar-refractivity contribution in [1.82, 2.24) is 5.32 Å². The maximum atomic E-state index is 12.0. The second-order valence-corrected chi connectivity index (χ2v) is 3.88. The van der Waals surface area contributed by atoms with E-state index in [0.29, 0.717) is 0 Å². The molecule has 1 unspecified atom stereocenters. The Morgan fingerprint density at radius 2 is 1.75 bits per heavy atom. The molecule has 0 aliphatic carbocycles. The molecule has 0 saturated heterocycles. The Morgan fingerprint density at radius 1 is 1.15 bits per heavy atom. The molecule has 20 heavy (non-hydrogen) atoms. The van der Waals surface area contributed by atoms with Crippen LogP contribution in [0.3, 0.4) is 0 Å². The number of nitrogens with one attached hydrogen (secondary N) is 1. The Labute approximate surface area is 114 Å². The van der Waals surface area contributed by atoms with Crippen LogP contribution in [0.2, 0.25) is 0 Å². The summed E-state index contributed by atoms with van der Waals surface area (Å²) in [4.78, 5) is 46.8. The van der Waals surface area contributed by atoms with Crippen molar-refractivity contribution in [3.05, 3.63) is 11.3 Å². The van der Waals surface area contributed by atoms with Gasteiger partial charge in [0.2, 0.25) is 0 Å². The van der Waals surface area contributed by atoms with Crippen molar-refractivity contribution in [2.75, 3.05) is 21.3 Å². The first-order valence-electron chi connectivity index (χ1n) is 5.40. The van der Waals surface area contributed by atoms with Gasteiger partial charge >= 0.3 is 17.9 Å². The van der Waals surface area contributed by atoms with E-state index in [9.17, 15) is 19.2 Å². The first kappa shape index (κ1) is 15.5. The van der Waals surface area contributed by atoms with Gasteiger partial charge in [0, 0.05) is 0 Å². The van der Waals surface area contributed by atoms with Gasteiger partial charge in [-0.25, -0.2) is 9.59 Å². The quantitative estimate of drug-likeness (QED) is 0.446. The molecule has 0 fully saturated rings. The van der Waals surface area contributed by atoms with Crippen molar-refractivity contribution in [1.29, 1.82) is 0 Å². The van der Waals surface area contributed by atoms with Crippen molar-refractivity contribution >= 4 is 23.8 Å². The van der Waals surface area contributed by atoms with E-state index in [-0.39, 0.29) is 0 Å². The number of esters is 3. The topological polar surface area (TPSA) is 134 Å². The molecule has 1 atom stereocenters. The normalized spacial score (nSPS) is 21.2. The van der Waals surface area contributed by atoms with Crippen LogP contribution in [-0.4, -0.2) is 50.7 Å². The third-order valence-corrected chi connectivity index (χ3v) is 2.83. The molecular weight excluding hydrogens is 272 g/mol. The molecule has 110 valence electrons. The molecule has 0 spiro atoms. The fraction of sp³-hybridized carbons (Fsp3) is 0.455. The predicted octanol–water partition coefficient (Wildman–Crippen LogP) is -2.02. The van der Waals surface area contributed by atoms with Gasteiger partial charge in [-0.15, -0.1) is 0 Å². The van der Waals surface area contributed by atoms with Crippen LogP contribution >= 0.6 is 0 Å². The van der Waals surface area contributed by atoms with Gasteiger partial charge in [-0.1, -0.05) is 0 Å². The van der Waals surface area contributed by atoms with E-state index >= 15 is 0 Å². The van der Waals surface area contributed by atoms with Crippen LogP contribution in [0.15, 0.2) is 11.3 Å². The van der Waals surface area contributed by atoms with Crippen LogP contribution in [0.5, 0.6) is 0 Å². The minimum Gasteiger partial charge on any atom is -0.469 e. The molecule has 0 saturated carbocycles. The summed E-state index contributed by atoms with van der Waals surface area (Å²) in [7, 11) is 3.18. The summed E-state index contributed by atoms with van der Waals surface area (Å²) < 4.78 is 13.5. The number of hydrogen-bond donors (Lipinski definition) is 2. The molecule has 0 radical (unpaired) electrons. The highest BCUT2D eigenvalue weighted by molar-refractivity contribution is 6.15. The van der Waals surface area contributed by atoms with Gasteiger partial charge in [-0.3, -0.25) is 9.59 Å². The molecule has 1 rings (SSSR count). The number of hydrogen-bond acceptors (Lipinski definition) is 8. The van der Waals surface area contributed by atoms with E-state index in [2.05, 4.69) is 19.5 Å². The minimum absolute atomic E-state index is 0.470. The highest BCUT2D eigenvalue weighted by Crippen LogP contribution is 2.31. The first-order valence-corrected chi connectivity index (χ1v) is 5.40. The molecule has 0 aromatic carbocycles. The summed E-state index contributed by atoms with van der Waals surface area (Å²) in [6.07, 6.45) is -0.646. The summed E-state index contributed by atoms with van der Waals surface area (Å²) in [6.45, 7) is 0. The van der Waals surface area contributed by atoms with Crippen molar-refractivity contribution in [2.45, 2.75) is 12.0 Å². The highest BCUT2D eigenvalue weighted by atomic mass is 16.5. The fourth-order valence-corrected chi connectivity index (χ4v) is 1.87. The van der Waals surface area contributed by atoms with E-state index in [1.54, 1.807) is 0 Å². The smallest absolute Gasteiger partial charge is 0.339 e. The van der Waals surface area contributed by atoms with Gasteiger partial charge < -0.3 is 25.3 Å². The third-order valence-electron chi connectivity index (χ3n) is 2.83. The van der Waals surface area contributed by atoms with Crippen molar-refractivity contribution in [2.24, 2.45) is 5.73 Å². The Balaban J connectivity index is 3.43. The monoisotopic (exact) mass is 286 g/mol. The lowest BCUT2D eigenvalue weighted by molar-refractivity contribution is -0.155. The third kappa shape index (κ3) is 2.29. The van der Waals surface area contributed by atoms with Gasteiger partial charge in [0.25, 0.3) is 5.91 Å². The summed E-state index contributed by atoms with van der Waals surface area (Å²) >= 11 is 0. The SMILES string of the molecule is COC(=O)CC1(C(=O)OC)NC(=O)C(N)=C1C(=O)OC. The number of rotatable bonds is 4. The molecule has 3 N–H and O–H groups in total. The molecule has 0 bridgehead atoms. The summed E-state index contributed by atoms with van der Waals surface area (Å²) in [5.41, 5.74) is 2.47. The Kier molecular flexibility index (Phi) is 4.33. The second-order valence-electron chi connectivity index (χ2n) is 3.88. The average molecular weight is 286 g/mol. The number of carbonyl (C=O) groups is 4. The van der Waals surface area contributed by atoms with Crippen LogP contribution in [-0.2, 0) is 33.4 Å². The standard InChI is InChI=1S/C11H14N2O7/c1-18-5(14)4-11(10(17)20-3)6(9(16)19-2)7(12)8(15)13-11/h4,12H2,1-3H3,(H,13,15). The predicted molar refractivity (Wildman–Crippen MR) is 62.8 cm³/mol. The van der Waals surface area contributed by atoms with Gasteiger partial charge in [0.05, 0.1) is 27.8 Å². The minimum atomic E-state index is -2.05. The van der Waals surface area contributed by atoms with Crippen LogP contribution in [0.1, 0.15) is 6.42 Å². The average Bonchev–Trinajstić information content (AvgIpc) is 2.69. The van der Waals surface area contributed by atoms with Crippen molar-refractivity contribution in [3.63, 3.8) is 0 Å². The molecule has 1 amide bonds. The fourth-order valence-electron chi connectivity index (χ4n) is 1.87. The lowest BCUT2D eigenvalue weighted by Crippen LogP contribution is -2.55. The maximum absolute atomic E-state index is 12.0. The van der Waals surface area contributed by atoms with Gasteiger partial charge in [-0.05, 0) is 0 Å². The Morgan fingerprint density at radius 3 is 2.20 bits per heavy atom. The largest absolute Gasteiger partial charge is 0.469 e. The highest BCUT2D eigenvalue weighted by Gasteiger charge is 2.56. The van der Waals surface area contributed by atoms with E-state index < -0.39 is 47.0 Å². The van der Waals surface area contributed by atoms with Crippen LogP contribution < -0.4 is 11.1 Å². The molecule has 9 nitrogen and oxygen atoms in total. The summed E-state index contributed by atoms with van der Waals surface area (Å²) in [5.74, 6) is -3.77. The Bertz CT molecular complexity index is 511. The zero-order chi connectivity index (χ0) is 15.5.